The lowest BCUT2D eigenvalue weighted by molar-refractivity contribution is 0.348. The summed E-state index contributed by atoms with van der Waals surface area (Å²) in [6, 6.07) is 4.42. The van der Waals surface area contributed by atoms with Crippen molar-refractivity contribution >= 4 is 0 Å². The Hall–Kier alpha value is -1.28. The second-order valence-corrected chi connectivity index (χ2v) is 3.62. The molecule has 0 amide bonds. The highest BCUT2D eigenvalue weighted by Crippen LogP contribution is 2.34. The minimum Gasteiger partial charge on any atom is -0.198 e. The lowest BCUT2D eigenvalue weighted by Crippen LogP contribution is -2.18. The normalized spacial score (nSPS) is 27.2. The van der Waals surface area contributed by atoms with Crippen molar-refractivity contribution in [1.29, 1.82) is 10.5 Å². The molecule has 0 saturated heterocycles. The fourth-order valence-corrected chi connectivity index (χ4v) is 2.04. The maximum absolute atomic E-state index is 8.66. The van der Waals surface area contributed by atoms with E-state index >= 15 is 0 Å². The molecular weight excluding hydrogens is 160 g/mol. The number of rotatable bonds is 2. The van der Waals surface area contributed by atoms with E-state index in [2.05, 4.69) is 25.1 Å². The van der Waals surface area contributed by atoms with Gasteiger partial charge in [0, 0.05) is 12.8 Å². The molecule has 1 aliphatic rings. The molecule has 0 fully saturated rings. The Morgan fingerprint density at radius 2 is 2.08 bits per heavy atom. The summed E-state index contributed by atoms with van der Waals surface area (Å²) < 4.78 is 0. The van der Waals surface area contributed by atoms with Crippen LogP contribution in [0.15, 0.2) is 11.6 Å². The molecule has 1 rings (SSSR count). The van der Waals surface area contributed by atoms with Gasteiger partial charge in [0.25, 0.3) is 0 Å². The Morgan fingerprint density at radius 1 is 1.38 bits per heavy atom. The molecule has 0 bridgehead atoms. The summed E-state index contributed by atoms with van der Waals surface area (Å²) in [4.78, 5) is 0. The van der Waals surface area contributed by atoms with Gasteiger partial charge in [-0.3, -0.25) is 0 Å². The van der Waals surface area contributed by atoms with Crippen LogP contribution in [0.5, 0.6) is 0 Å². The second-order valence-electron chi connectivity index (χ2n) is 3.62. The fourth-order valence-electron chi connectivity index (χ4n) is 2.04. The van der Waals surface area contributed by atoms with Crippen LogP contribution in [0.3, 0.4) is 0 Å². The van der Waals surface area contributed by atoms with Crippen molar-refractivity contribution in [2.45, 2.75) is 32.6 Å². The van der Waals surface area contributed by atoms with E-state index in [0.717, 1.165) is 12.8 Å². The molecule has 0 spiro atoms. The zero-order chi connectivity index (χ0) is 9.68. The molecule has 0 aromatic carbocycles. The third-order valence-electron chi connectivity index (χ3n) is 2.82. The largest absolute Gasteiger partial charge is 0.198 e. The molecule has 0 N–H and O–H groups in total. The van der Waals surface area contributed by atoms with Crippen molar-refractivity contribution in [1.82, 2.24) is 0 Å². The van der Waals surface area contributed by atoms with Gasteiger partial charge in [-0.15, -0.1) is 0 Å². The molecule has 0 aliphatic heterocycles. The van der Waals surface area contributed by atoms with Gasteiger partial charge < -0.3 is 0 Å². The van der Waals surface area contributed by atoms with Crippen LogP contribution in [0.4, 0.5) is 0 Å². The first-order chi connectivity index (χ1) is 6.29. The first-order valence-electron chi connectivity index (χ1n) is 4.70. The van der Waals surface area contributed by atoms with E-state index in [1.165, 1.54) is 5.57 Å². The molecule has 0 unspecified atom stereocenters. The molecule has 0 heterocycles. The maximum Gasteiger partial charge on any atom is 0.0628 e. The van der Waals surface area contributed by atoms with E-state index in [9.17, 15) is 0 Å². The third kappa shape index (κ3) is 2.33. The average Bonchev–Trinajstić information content (AvgIpc) is 2.11. The SMILES string of the molecule is CC1=CCC[C@H](CC#N)[C@@H]1CC#N. The van der Waals surface area contributed by atoms with E-state index in [0.29, 0.717) is 24.7 Å². The zero-order valence-electron chi connectivity index (χ0n) is 7.95. The van der Waals surface area contributed by atoms with Gasteiger partial charge in [-0.1, -0.05) is 11.6 Å². The second kappa shape index (κ2) is 4.67. The highest BCUT2D eigenvalue weighted by atomic mass is 14.3. The van der Waals surface area contributed by atoms with Crippen LogP contribution in [0.1, 0.15) is 32.6 Å². The topological polar surface area (TPSA) is 47.6 Å². The molecule has 2 atom stereocenters. The number of allylic oxidation sites excluding steroid dienone is 2. The molecule has 0 radical (unpaired) electrons. The van der Waals surface area contributed by atoms with Gasteiger partial charge in [-0.2, -0.15) is 10.5 Å². The van der Waals surface area contributed by atoms with Crippen LogP contribution in [-0.4, -0.2) is 0 Å². The van der Waals surface area contributed by atoms with E-state index in [1.807, 2.05) is 0 Å². The summed E-state index contributed by atoms with van der Waals surface area (Å²) in [5, 5.41) is 17.3. The standard InChI is InChI=1S/C11H14N2/c1-9-3-2-4-10(5-7-12)11(9)6-8-13/h3,10-11H,2,4-6H2,1H3/t10-,11-/m1/s1. The summed E-state index contributed by atoms with van der Waals surface area (Å²) in [6.07, 6.45) is 5.50. The minimum absolute atomic E-state index is 0.332. The van der Waals surface area contributed by atoms with Crippen molar-refractivity contribution in [2.75, 3.05) is 0 Å². The smallest absolute Gasteiger partial charge is 0.0628 e. The Labute approximate surface area is 79.5 Å². The summed E-state index contributed by atoms with van der Waals surface area (Å²) in [7, 11) is 0. The van der Waals surface area contributed by atoms with Crippen LogP contribution in [0.25, 0.3) is 0 Å². The molecule has 1 aliphatic carbocycles. The van der Waals surface area contributed by atoms with Gasteiger partial charge in [0.15, 0.2) is 0 Å². The van der Waals surface area contributed by atoms with Crippen LogP contribution in [0.2, 0.25) is 0 Å². The highest BCUT2D eigenvalue weighted by molar-refractivity contribution is 5.12. The van der Waals surface area contributed by atoms with E-state index in [1.54, 1.807) is 0 Å². The predicted molar refractivity (Wildman–Crippen MR) is 50.4 cm³/mol. The molecular formula is C11H14N2. The quantitative estimate of drug-likeness (QED) is 0.604. The Balaban J connectivity index is 2.70. The van der Waals surface area contributed by atoms with Crippen LogP contribution < -0.4 is 0 Å². The predicted octanol–water partition coefficient (Wildman–Crippen LogP) is 2.79. The first kappa shape index (κ1) is 9.81. The monoisotopic (exact) mass is 174 g/mol. The van der Waals surface area contributed by atoms with Crippen molar-refractivity contribution < 1.29 is 0 Å². The van der Waals surface area contributed by atoms with Crippen molar-refractivity contribution in [3.05, 3.63) is 11.6 Å². The van der Waals surface area contributed by atoms with Gasteiger partial charge in [-0.05, 0) is 31.6 Å². The fraction of sp³-hybridized carbons (Fsp3) is 0.636. The minimum atomic E-state index is 0.332. The van der Waals surface area contributed by atoms with Gasteiger partial charge >= 0.3 is 0 Å². The summed E-state index contributed by atoms with van der Waals surface area (Å²) >= 11 is 0. The Kier molecular flexibility index (Phi) is 3.53. The molecule has 2 heteroatoms. The van der Waals surface area contributed by atoms with E-state index in [-0.39, 0.29) is 0 Å². The lowest BCUT2D eigenvalue weighted by Gasteiger charge is -2.27. The lowest BCUT2D eigenvalue weighted by atomic mass is 9.76. The van der Waals surface area contributed by atoms with Crippen LogP contribution in [0, 0.1) is 34.5 Å². The third-order valence-corrected chi connectivity index (χ3v) is 2.82. The van der Waals surface area contributed by atoms with Gasteiger partial charge in [0.05, 0.1) is 12.1 Å². The number of nitrogens with zero attached hydrogens (tertiary/aromatic N) is 2. The zero-order valence-corrected chi connectivity index (χ0v) is 7.95. The van der Waals surface area contributed by atoms with E-state index < -0.39 is 0 Å². The van der Waals surface area contributed by atoms with Crippen molar-refractivity contribution in [2.24, 2.45) is 11.8 Å². The molecule has 0 saturated carbocycles. The van der Waals surface area contributed by atoms with Crippen LogP contribution in [-0.2, 0) is 0 Å². The average molecular weight is 174 g/mol. The molecule has 0 aromatic rings. The number of hydrogen-bond donors (Lipinski definition) is 0. The molecule has 0 aromatic heterocycles. The summed E-state index contributed by atoms with van der Waals surface area (Å²) in [5.74, 6) is 0.744. The maximum atomic E-state index is 8.66. The van der Waals surface area contributed by atoms with Gasteiger partial charge in [0.1, 0.15) is 0 Å². The molecule has 68 valence electrons. The van der Waals surface area contributed by atoms with Crippen LogP contribution >= 0.6 is 0 Å². The number of nitriles is 2. The molecule has 2 nitrogen and oxygen atoms in total. The van der Waals surface area contributed by atoms with E-state index in [4.69, 9.17) is 10.5 Å². The van der Waals surface area contributed by atoms with Crippen molar-refractivity contribution in [3.63, 3.8) is 0 Å². The molecule has 13 heavy (non-hydrogen) atoms. The number of hydrogen-bond acceptors (Lipinski definition) is 2. The van der Waals surface area contributed by atoms with Gasteiger partial charge in [-0.25, -0.2) is 0 Å². The van der Waals surface area contributed by atoms with Gasteiger partial charge in [0.2, 0.25) is 0 Å². The Bertz CT molecular complexity index is 277. The Morgan fingerprint density at radius 3 is 2.69 bits per heavy atom. The summed E-state index contributed by atoms with van der Waals surface area (Å²) in [6.45, 7) is 2.07. The first-order valence-corrected chi connectivity index (χ1v) is 4.70. The summed E-state index contributed by atoms with van der Waals surface area (Å²) in [5.41, 5.74) is 1.30. The highest BCUT2D eigenvalue weighted by Gasteiger charge is 2.24. The van der Waals surface area contributed by atoms with Crippen molar-refractivity contribution in [3.8, 4) is 12.1 Å².